The second kappa shape index (κ2) is 14.1. The van der Waals surface area contributed by atoms with Gasteiger partial charge in [-0.05, 0) is 73.2 Å². The summed E-state index contributed by atoms with van der Waals surface area (Å²) in [5, 5.41) is 17.5. The average Bonchev–Trinajstić information content (AvgIpc) is 3.52. The summed E-state index contributed by atoms with van der Waals surface area (Å²) in [5.74, 6) is 1.17. The van der Waals surface area contributed by atoms with E-state index in [2.05, 4.69) is 75.1 Å². The number of nitriles is 1. The Kier molecular flexibility index (Phi) is 10.0. The van der Waals surface area contributed by atoms with Crippen LogP contribution in [-0.4, -0.2) is 44.1 Å². The molecule has 0 bridgehead atoms. The molecular formula is C34H32F3N7O2S. The van der Waals surface area contributed by atoms with Crippen LogP contribution >= 0.6 is 11.8 Å². The largest absolute Gasteiger partial charge is 0.573 e. The number of allylic oxidation sites excluding steroid dienone is 1. The monoisotopic (exact) mass is 659 g/mol. The van der Waals surface area contributed by atoms with Gasteiger partial charge in [0.1, 0.15) is 18.1 Å². The number of amidine groups is 1. The molecule has 1 unspecified atom stereocenters. The lowest BCUT2D eigenvalue weighted by Gasteiger charge is -2.37. The predicted octanol–water partition coefficient (Wildman–Crippen LogP) is 8.23. The number of thioether (sulfide) groups is 1. The number of ether oxygens (including phenoxy) is 1. The van der Waals surface area contributed by atoms with Crippen molar-refractivity contribution >= 4 is 34.2 Å². The maximum absolute atomic E-state index is 13.0. The van der Waals surface area contributed by atoms with E-state index in [9.17, 15) is 23.2 Å². The highest BCUT2D eigenvalue weighted by molar-refractivity contribution is 8.14. The highest BCUT2D eigenvalue weighted by Crippen LogP contribution is 2.35. The number of carbonyl (C=O) groups excluding carboxylic acids is 1. The van der Waals surface area contributed by atoms with E-state index in [-0.39, 0.29) is 17.4 Å². The van der Waals surface area contributed by atoms with E-state index < -0.39 is 12.4 Å². The molecule has 1 N–H and O–H groups in total. The molecule has 1 atom stereocenters. The van der Waals surface area contributed by atoms with Gasteiger partial charge in [0.2, 0.25) is 0 Å². The van der Waals surface area contributed by atoms with Crippen LogP contribution in [-0.2, 0) is 0 Å². The molecule has 3 aromatic carbocycles. The van der Waals surface area contributed by atoms with Gasteiger partial charge in [-0.2, -0.15) is 10.3 Å². The topological polar surface area (TPSA) is 108 Å². The fourth-order valence-electron chi connectivity index (χ4n) is 5.04. The minimum Gasteiger partial charge on any atom is -0.406 e. The number of aromatic nitrogens is 3. The molecule has 0 aliphatic carbocycles. The molecule has 1 fully saturated rings. The Bertz CT molecular complexity index is 1840. The molecule has 5 rings (SSSR count). The number of rotatable bonds is 7. The highest BCUT2D eigenvalue weighted by atomic mass is 32.2. The van der Waals surface area contributed by atoms with Crippen LogP contribution in [0.3, 0.4) is 0 Å². The zero-order chi connectivity index (χ0) is 33.7. The number of amides is 2. The summed E-state index contributed by atoms with van der Waals surface area (Å²) < 4.78 is 42.7. The first-order valence-electron chi connectivity index (χ1n) is 14.8. The first kappa shape index (κ1) is 33.3. The molecule has 1 saturated heterocycles. The molecule has 1 aliphatic rings. The lowest BCUT2D eigenvalue weighted by Crippen LogP contribution is -2.42. The number of nitrogens with zero attached hydrogens (tertiary/aromatic N) is 6. The van der Waals surface area contributed by atoms with Crippen molar-refractivity contribution < 1.29 is 22.7 Å². The number of urea groups is 1. The number of benzene rings is 3. The van der Waals surface area contributed by atoms with Crippen LogP contribution in [0, 0.1) is 18.3 Å². The summed E-state index contributed by atoms with van der Waals surface area (Å²) >= 11 is 1.53. The van der Waals surface area contributed by atoms with Crippen molar-refractivity contribution in [2.45, 2.75) is 52.4 Å². The van der Waals surface area contributed by atoms with Gasteiger partial charge in [0.15, 0.2) is 11.0 Å². The van der Waals surface area contributed by atoms with Crippen LogP contribution in [0.15, 0.2) is 84.2 Å². The van der Waals surface area contributed by atoms with Gasteiger partial charge < -0.3 is 15.0 Å². The van der Waals surface area contributed by atoms with Crippen LogP contribution in [0.1, 0.15) is 49.8 Å². The van der Waals surface area contributed by atoms with Gasteiger partial charge in [-0.15, -0.1) is 18.3 Å². The fourth-order valence-corrected chi connectivity index (χ4v) is 6.24. The van der Waals surface area contributed by atoms with Crippen LogP contribution in [0.2, 0.25) is 0 Å². The molecule has 0 saturated carbocycles. The average molecular weight is 660 g/mol. The Morgan fingerprint density at radius 2 is 1.87 bits per heavy atom. The zero-order valence-corrected chi connectivity index (χ0v) is 26.9. The fraction of sp³-hybridized carbons (Fsp3) is 0.265. The summed E-state index contributed by atoms with van der Waals surface area (Å²) in [7, 11) is 0. The molecule has 0 radical (unpaired) electrons. The summed E-state index contributed by atoms with van der Waals surface area (Å²) in [5.41, 5.74) is 5.29. The van der Waals surface area contributed by atoms with Crippen molar-refractivity contribution in [2.75, 3.05) is 10.7 Å². The minimum atomic E-state index is -4.77. The number of aliphatic imine (C=N–C) groups is 1. The number of nitrogens with one attached hydrogen (secondary N) is 1. The van der Waals surface area contributed by atoms with E-state index in [0.29, 0.717) is 33.7 Å². The van der Waals surface area contributed by atoms with E-state index >= 15 is 0 Å². The van der Waals surface area contributed by atoms with Crippen molar-refractivity contribution in [1.82, 2.24) is 20.1 Å². The van der Waals surface area contributed by atoms with E-state index in [0.717, 1.165) is 23.4 Å². The SMILES string of the molecule is Cc1ccc(C(C)C)c(N2/C(=N/C(=O)N/C=C(\C#N)c3ccc(-c4ncn(-c5ccc(OC(F)(F)F)cc5)n4)cc3)SCCC2C)c1. The predicted molar refractivity (Wildman–Crippen MR) is 177 cm³/mol. The molecule has 2 amide bonds. The Morgan fingerprint density at radius 1 is 1.15 bits per heavy atom. The summed E-state index contributed by atoms with van der Waals surface area (Å²) in [6, 6.07) is 20.2. The number of halogens is 3. The quantitative estimate of drug-likeness (QED) is 0.199. The van der Waals surface area contributed by atoms with Crippen LogP contribution in [0.5, 0.6) is 5.75 Å². The Morgan fingerprint density at radius 3 is 2.53 bits per heavy atom. The van der Waals surface area contributed by atoms with Gasteiger partial charge in [-0.3, -0.25) is 0 Å². The van der Waals surface area contributed by atoms with E-state index in [1.807, 2.05) is 6.92 Å². The molecule has 9 nitrogen and oxygen atoms in total. The lowest BCUT2D eigenvalue weighted by atomic mass is 9.98. The number of hydrogen-bond donors (Lipinski definition) is 1. The second-order valence-electron chi connectivity index (χ2n) is 11.2. The van der Waals surface area contributed by atoms with Crippen LogP contribution in [0.4, 0.5) is 23.7 Å². The molecule has 13 heteroatoms. The third kappa shape index (κ3) is 8.20. The molecule has 1 aliphatic heterocycles. The zero-order valence-electron chi connectivity index (χ0n) is 26.1. The van der Waals surface area contributed by atoms with Gasteiger partial charge in [0.25, 0.3) is 0 Å². The molecule has 4 aromatic rings. The Labute approximate surface area is 274 Å². The van der Waals surface area contributed by atoms with Crippen LogP contribution in [0.25, 0.3) is 22.6 Å². The van der Waals surface area contributed by atoms with Gasteiger partial charge in [0.05, 0.1) is 11.3 Å². The third-order valence-corrected chi connectivity index (χ3v) is 8.41. The van der Waals surface area contributed by atoms with E-state index in [1.165, 1.54) is 58.8 Å². The number of alkyl halides is 3. The standard InChI is InChI=1S/C34H32F3N7O2S/c1-21(2)29-14-5-22(3)17-30(29)44-23(4)15-16-47-33(44)41-32(45)39-19-26(18-38)24-6-8-25(9-7-24)31-40-20-43(42-31)27-10-12-28(13-11-27)46-34(35,36)37/h5-14,17,19-21,23H,15-16H2,1-4H3,(H,39,45)/b26-19+,41-33-. The Hall–Kier alpha value is -5.09. The van der Waals surface area contributed by atoms with Crippen molar-refractivity contribution in [3.63, 3.8) is 0 Å². The smallest absolute Gasteiger partial charge is 0.406 e. The van der Waals surface area contributed by atoms with Gasteiger partial charge in [0, 0.05) is 29.2 Å². The third-order valence-electron chi connectivity index (χ3n) is 7.42. The van der Waals surface area contributed by atoms with Crippen molar-refractivity contribution in [3.8, 4) is 28.9 Å². The summed E-state index contributed by atoms with van der Waals surface area (Å²) in [6.07, 6.45) is -1.04. The first-order valence-corrected chi connectivity index (χ1v) is 15.8. The minimum absolute atomic E-state index is 0.158. The highest BCUT2D eigenvalue weighted by Gasteiger charge is 2.31. The van der Waals surface area contributed by atoms with Gasteiger partial charge >= 0.3 is 12.4 Å². The van der Waals surface area contributed by atoms with Crippen LogP contribution < -0.4 is 15.0 Å². The molecule has 1 aromatic heterocycles. The second-order valence-corrected chi connectivity index (χ2v) is 12.3. The lowest BCUT2D eigenvalue weighted by molar-refractivity contribution is -0.274. The van der Waals surface area contributed by atoms with Crippen molar-refractivity contribution in [2.24, 2.45) is 4.99 Å². The first-order chi connectivity index (χ1) is 22.4. The van der Waals surface area contributed by atoms with E-state index in [4.69, 9.17) is 0 Å². The number of aryl methyl sites for hydroxylation is 1. The summed E-state index contributed by atoms with van der Waals surface area (Å²) in [6.45, 7) is 8.47. The molecule has 47 heavy (non-hydrogen) atoms. The normalized spacial score (nSPS) is 16.3. The number of anilines is 1. The molecule has 2 heterocycles. The van der Waals surface area contributed by atoms with Crippen molar-refractivity contribution in [3.05, 3.63) is 95.9 Å². The maximum Gasteiger partial charge on any atom is 0.573 e. The maximum atomic E-state index is 13.0. The van der Waals surface area contributed by atoms with Gasteiger partial charge in [-0.1, -0.05) is 62.0 Å². The number of hydrogen-bond acceptors (Lipinski definition) is 6. The molecule has 0 spiro atoms. The molecule has 242 valence electrons. The number of carbonyl (C=O) groups is 1. The van der Waals surface area contributed by atoms with E-state index in [1.54, 1.807) is 24.3 Å². The Balaban J connectivity index is 1.29. The molecular weight excluding hydrogens is 627 g/mol. The summed E-state index contributed by atoms with van der Waals surface area (Å²) in [4.78, 5) is 23.8. The van der Waals surface area contributed by atoms with Crippen molar-refractivity contribution in [1.29, 1.82) is 5.26 Å². The van der Waals surface area contributed by atoms with Gasteiger partial charge in [-0.25, -0.2) is 14.5 Å².